The van der Waals surface area contributed by atoms with Crippen molar-refractivity contribution in [3.05, 3.63) is 71.8 Å². The van der Waals surface area contributed by atoms with Crippen molar-refractivity contribution in [2.24, 2.45) is 11.1 Å². The molecule has 21 heavy (non-hydrogen) atoms. The fraction of sp³-hybridized carbons (Fsp3) is 0.278. The third-order valence-electron chi connectivity index (χ3n) is 4.31. The summed E-state index contributed by atoms with van der Waals surface area (Å²) in [6.07, 6.45) is 0.741. The molecule has 2 aromatic rings. The zero-order chi connectivity index (χ0) is 14.7. The average Bonchev–Trinajstić information content (AvgIpc) is 2.56. The Morgan fingerprint density at radius 3 is 2.10 bits per heavy atom. The molecular weight excluding hydrogens is 260 g/mol. The summed E-state index contributed by atoms with van der Waals surface area (Å²) >= 11 is 0. The van der Waals surface area contributed by atoms with Gasteiger partial charge in [0.1, 0.15) is 0 Å². The Balaban J connectivity index is 1.93. The van der Waals surface area contributed by atoms with Crippen LogP contribution in [0.4, 0.5) is 0 Å². The van der Waals surface area contributed by atoms with E-state index in [0.29, 0.717) is 0 Å². The Morgan fingerprint density at radius 1 is 0.952 bits per heavy atom. The molecule has 1 aliphatic rings. The third-order valence-corrected chi connectivity index (χ3v) is 4.31. The van der Waals surface area contributed by atoms with Gasteiger partial charge in [0.05, 0.1) is 5.71 Å². The zero-order valence-corrected chi connectivity index (χ0v) is 12.1. The van der Waals surface area contributed by atoms with Gasteiger partial charge in [0, 0.05) is 24.4 Å². The molecule has 0 aliphatic carbocycles. The van der Waals surface area contributed by atoms with Gasteiger partial charge in [0.15, 0.2) is 0 Å². The monoisotopic (exact) mass is 280 g/mol. The van der Waals surface area contributed by atoms with Crippen LogP contribution in [-0.2, 0) is 0 Å². The number of nitrogens with one attached hydrogen (secondary N) is 1. The third kappa shape index (κ3) is 2.83. The summed E-state index contributed by atoms with van der Waals surface area (Å²) in [5.74, 6) is 0.178. The highest BCUT2D eigenvalue weighted by Gasteiger charge is 2.33. The van der Waals surface area contributed by atoms with E-state index in [1.165, 1.54) is 11.1 Å². The van der Waals surface area contributed by atoms with Crippen molar-refractivity contribution in [3.63, 3.8) is 0 Å². The highest BCUT2D eigenvalue weighted by Crippen LogP contribution is 2.35. The molecule has 2 N–H and O–H groups in total. The van der Waals surface area contributed by atoms with E-state index in [1.54, 1.807) is 0 Å². The first kappa shape index (κ1) is 13.8. The van der Waals surface area contributed by atoms with Gasteiger partial charge in [0.2, 0.25) is 0 Å². The molecule has 3 atom stereocenters. The maximum atomic E-state index is 9.35. The Bertz CT molecular complexity index is 610. The summed E-state index contributed by atoms with van der Waals surface area (Å²) in [7, 11) is 0. The van der Waals surface area contributed by atoms with Gasteiger partial charge in [-0.3, -0.25) is 0 Å². The summed E-state index contributed by atoms with van der Waals surface area (Å²) in [4.78, 5) is 0. The molecule has 0 spiro atoms. The van der Waals surface area contributed by atoms with Gasteiger partial charge in [-0.1, -0.05) is 72.7 Å². The molecule has 0 saturated carbocycles. The van der Waals surface area contributed by atoms with E-state index in [9.17, 15) is 5.21 Å². The van der Waals surface area contributed by atoms with Crippen molar-refractivity contribution >= 4 is 5.71 Å². The van der Waals surface area contributed by atoms with E-state index in [4.69, 9.17) is 0 Å². The summed E-state index contributed by atoms with van der Waals surface area (Å²) in [6.45, 7) is 2.11. The van der Waals surface area contributed by atoms with Gasteiger partial charge in [-0.2, -0.15) is 0 Å². The van der Waals surface area contributed by atoms with Crippen LogP contribution >= 0.6 is 0 Å². The van der Waals surface area contributed by atoms with Crippen LogP contribution in [0.25, 0.3) is 0 Å². The first-order valence-electron chi connectivity index (χ1n) is 7.36. The predicted molar refractivity (Wildman–Crippen MR) is 84.5 cm³/mol. The average molecular weight is 280 g/mol. The number of hydrogen-bond acceptors (Lipinski definition) is 3. The Hall–Kier alpha value is -2.13. The quantitative estimate of drug-likeness (QED) is 0.646. The van der Waals surface area contributed by atoms with Gasteiger partial charge in [-0.15, -0.1) is 0 Å². The smallest absolute Gasteiger partial charge is 0.0636 e. The molecule has 108 valence electrons. The minimum atomic E-state index is 0.163. The van der Waals surface area contributed by atoms with E-state index in [1.807, 2.05) is 36.4 Å². The SMILES string of the molecule is C[C@@H]1/C(=N/O)C[C@@H](c2ccccc2)N[C@@H]1c1ccccc1. The Labute approximate surface area is 125 Å². The lowest BCUT2D eigenvalue weighted by atomic mass is 9.81. The van der Waals surface area contributed by atoms with E-state index in [2.05, 4.69) is 41.7 Å². The molecule has 3 rings (SSSR count). The second-order valence-electron chi connectivity index (χ2n) is 5.60. The van der Waals surface area contributed by atoms with Crippen LogP contribution in [0.5, 0.6) is 0 Å². The first-order valence-corrected chi connectivity index (χ1v) is 7.36. The largest absolute Gasteiger partial charge is 0.411 e. The predicted octanol–water partition coefficient (Wildman–Crippen LogP) is 3.93. The van der Waals surface area contributed by atoms with E-state index in [-0.39, 0.29) is 18.0 Å². The molecule has 3 heteroatoms. The molecular formula is C18H20N2O. The molecule has 0 bridgehead atoms. The van der Waals surface area contributed by atoms with Gasteiger partial charge in [0.25, 0.3) is 0 Å². The van der Waals surface area contributed by atoms with Crippen LogP contribution in [0.3, 0.4) is 0 Å². The number of nitrogens with zero attached hydrogens (tertiary/aromatic N) is 1. The molecule has 1 saturated heterocycles. The van der Waals surface area contributed by atoms with Gasteiger partial charge < -0.3 is 10.5 Å². The van der Waals surface area contributed by atoms with Crippen molar-refractivity contribution < 1.29 is 5.21 Å². The molecule has 0 radical (unpaired) electrons. The minimum Gasteiger partial charge on any atom is -0.411 e. The van der Waals surface area contributed by atoms with Crippen LogP contribution < -0.4 is 5.32 Å². The maximum absolute atomic E-state index is 9.35. The standard InChI is InChI=1S/C18H20N2O/c1-13-16(20-21)12-17(14-8-4-2-5-9-14)19-18(13)15-10-6-3-7-11-15/h2-11,13,17-19,21H,12H2,1H3/b20-16+/t13-,17+,18+/m1/s1. The highest BCUT2D eigenvalue weighted by atomic mass is 16.4. The van der Waals surface area contributed by atoms with Crippen molar-refractivity contribution in [1.82, 2.24) is 5.32 Å². The first-order chi connectivity index (χ1) is 10.3. The van der Waals surface area contributed by atoms with Crippen LogP contribution in [0.1, 0.15) is 36.6 Å². The van der Waals surface area contributed by atoms with E-state index >= 15 is 0 Å². The van der Waals surface area contributed by atoms with Gasteiger partial charge >= 0.3 is 0 Å². The second kappa shape index (κ2) is 6.10. The summed E-state index contributed by atoms with van der Waals surface area (Å²) < 4.78 is 0. The lowest BCUT2D eigenvalue weighted by Crippen LogP contribution is -2.41. The van der Waals surface area contributed by atoms with E-state index < -0.39 is 0 Å². The fourth-order valence-electron chi connectivity index (χ4n) is 3.08. The van der Waals surface area contributed by atoms with Crippen molar-refractivity contribution in [1.29, 1.82) is 0 Å². The van der Waals surface area contributed by atoms with Crippen LogP contribution in [0.15, 0.2) is 65.8 Å². The van der Waals surface area contributed by atoms with E-state index in [0.717, 1.165) is 12.1 Å². The molecule has 0 amide bonds. The number of oxime groups is 1. The van der Waals surface area contributed by atoms with Gasteiger partial charge in [-0.25, -0.2) is 0 Å². The van der Waals surface area contributed by atoms with Crippen molar-refractivity contribution in [2.75, 3.05) is 0 Å². The number of hydrogen-bond donors (Lipinski definition) is 2. The number of piperidine rings is 1. The minimum absolute atomic E-state index is 0.163. The lowest BCUT2D eigenvalue weighted by Gasteiger charge is -2.37. The maximum Gasteiger partial charge on any atom is 0.0636 e. The Kier molecular flexibility index (Phi) is 4.02. The fourth-order valence-corrected chi connectivity index (χ4v) is 3.08. The summed E-state index contributed by atoms with van der Waals surface area (Å²) in [5.41, 5.74) is 3.31. The molecule has 1 heterocycles. The zero-order valence-electron chi connectivity index (χ0n) is 12.1. The summed E-state index contributed by atoms with van der Waals surface area (Å²) in [5, 5.41) is 16.6. The molecule has 3 nitrogen and oxygen atoms in total. The molecule has 0 unspecified atom stereocenters. The number of rotatable bonds is 2. The van der Waals surface area contributed by atoms with Crippen LogP contribution in [-0.4, -0.2) is 10.9 Å². The topological polar surface area (TPSA) is 44.6 Å². The van der Waals surface area contributed by atoms with Crippen LogP contribution in [0.2, 0.25) is 0 Å². The second-order valence-corrected chi connectivity index (χ2v) is 5.60. The summed E-state index contributed by atoms with van der Waals surface area (Å²) in [6, 6.07) is 21.0. The van der Waals surface area contributed by atoms with Gasteiger partial charge in [-0.05, 0) is 11.1 Å². The molecule has 0 aromatic heterocycles. The highest BCUT2D eigenvalue weighted by molar-refractivity contribution is 5.88. The molecule has 2 aromatic carbocycles. The molecule has 1 fully saturated rings. The number of benzene rings is 2. The van der Waals surface area contributed by atoms with Crippen LogP contribution in [0, 0.1) is 5.92 Å². The lowest BCUT2D eigenvalue weighted by molar-refractivity contribution is 0.294. The normalized spacial score (nSPS) is 27.7. The van der Waals surface area contributed by atoms with Crippen molar-refractivity contribution in [2.45, 2.75) is 25.4 Å². The molecule has 1 aliphatic heterocycles. The van der Waals surface area contributed by atoms with Crippen molar-refractivity contribution in [3.8, 4) is 0 Å². The Morgan fingerprint density at radius 2 is 1.52 bits per heavy atom.